The van der Waals surface area contributed by atoms with E-state index in [1.165, 1.54) is 6.07 Å². The van der Waals surface area contributed by atoms with Crippen LogP contribution in [0.4, 0.5) is 5.82 Å². The van der Waals surface area contributed by atoms with Crippen molar-refractivity contribution >= 4 is 31.6 Å². The number of benzene rings is 1. The van der Waals surface area contributed by atoms with Gasteiger partial charge in [0.15, 0.2) is 9.84 Å². The van der Waals surface area contributed by atoms with Gasteiger partial charge in [-0.15, -0.1) is 0 Å². The van der Waals surface area contributed by atoms with E-state index in [0.717, 1.165) is 16.5 Å². The molecule has 0 aliphatic carbocycles. The Balaban J connectivity index is 1.91. The summed E-state index contributed by atoms with van der Waals surface area (Å²) in [7, 11) is -3.30. The minimum atomic E-state index is -3.30. The molecule has 2 aromatic rings. The standard InChI is InChI=1S/C14H15BrN2O3S/c1-21(18,19)13-3-2-8-16-14(13)17-9-10-20-12-6-4-11(15)5-7-12/h2-8H,9-10H2,1H3,(H,16,17). The van der Waals surface area contributed by atoms with E-state index < -0.39 is 9.84 Å². The van der Waals surface area contributed by atoms with Crippen molar-refractivity contribution in [2.24, 2.45) is 0 Å². The van der Waals surface area contributed by atoms with E-state index >= 15 is 0 Å². The lowest BCUT2D eigenvalue weighted by atomic mass is 10.3. The molecule has 0 spiro atoms. The molecule has 0 aliphatic heterocycles. The average molecular weight is 371 g/mol. The van der Waals surface area contributed by atoms with Crippen molar-refractivity contribution in [2.45, 2.75) is 4.90 Å². The zero-order valence-corrected chi connectivity index (χ0v) is 13.8. The Hall–Kier alpha value is -1.60. The predicted molar refractivity (Wildman–Crippen MR) is 85.5 cm³/mol. The van der Waals surface area contributed by atoms with Gasteiger partial charge < -0.3 is 10.1 Å². The summed E-state index contributed by atoms with van der Waals surface area (Å²) in [4.78, 5) is 4.24. The Bertz CT molecular complexity index is 702. The van der Waals surface area contributed by atoms with Gasteiger partial charge in [0.05, 0.1) is 6.54 Å². The maximum Gasteiger partial charge on any atom is 0.179 e. The van der Waals surface area contributed by atoms with Crippen molar-refractivity contribution in [2.75, 3.05) is 24.7 Å². The van der Waals surface area contributed by atoms with Crippen molar-refractivity contribution in [1.82, 2.24) is 4.98 Å². The fraction of sp³-hybridized carbons (Fsp3) is 0.214. The zero-order valence-electron chi connectivity index (χ0n) is 11.4. The summed E-state index contributed by atoms with van der Waals surface area (Å²) >= 11 is 3.35. The Kier molecular flexibility index (Phi) is 5.19. The molecule has 1 heterocycles. The van der Waals surface area contributed by atoms with E-state index in [1.54, 1.807) is 12.3 Å². The van der Waals surface area contributed by atoms with Gasteiger partial charge in [-0.05, 0) is 36.4 Å². The first-order chi connectivity index (χ1) is 9.97. The second-order valence-electron chi connectivity index (χ2n) is 4.35. The molecule has 0 saturated heterocycles. The molecule has 0 amide bonds. The van der Waals surface area contributed by atoms with Crippen molar-refractivity contribution < 1.29 is 13.2 Å². The van der Waals surface area contributed by atoms with Crippen LogP contribution >= 0.6 is 15.9 Å². The van der Waals surface area contributed by atoms with Crippen molar-refractivity contribution in [3.63, 3.8) is 0 Å². The molecule has 0 saturated carbocycles. The van der Waals surface area contributed by atoms with Crippen LogP contribution in [0.15, 0.2) is 52.0 Å². The summed E-state index contributed by atoms with van der Waals surface area (Å²) in [6, 6.07) is 10.6. The number of rotatable bonds is 6. The summed E-state index contributed by atoms with van der Waals surface area (Å²) in [5, 5.41) is 2.98. The number of ether oxygens (including phenoxy) is 1. The highest BCUT2D eigenvalue weighted by Gasteiger charge is 2.13. The number of sulfone groups is 1. The number of nitrogens with zero attached hydrogens (tertiary/aromatic N) is 1. The summed E-state index contributed by atoms with van der Waals surface area (Å²) in [5.41, 5.74) is 0. The lowest BCUT2D eigenvalue weighted by Crippen LogP contribution is -2.14. The minimum absolute atomic E-state index is 0.189. The maximum absolute atomic E-state index is 11.6. The smallest absolute Gasteiger partial charge is 0.179 e. The maximum atomic E-state index is 11.6. The van der Waals surface area contributed by atoms with Crippen molar-refractivity contribution in [3.05, 3.63) is 47.1 Å². The molecule has 2 rings (SSSR count). The van der Waals surface area contributed by atoms with Crippen LogP contribution in [0.5, 0.6) is 5.75 Å². The third kappa shape index (κ3) is 4.71. The molecule has 21 heavy (non-hydrogen) atoms. The fourth-order valence-corrected chi connectivity index (χ4v) is 2.76. The second kappa shape index (κ2) is 6.91. The third-order valence-corrected chi connectivity index (χ3v) is 4.30. The van der Waals surface area contributed by atoms with Crippen LogP contribution in [0.2, 0.25) is 0 Å². The van der Waals surface area contributed by atoms with Gasteiger partial charge in [-0.1, -0.05) is 15.9 Å². The van der Waals surface area contributed by atoms with Crippen molar-refractivity contribution in [3.8, 4) is 5.75 Å². The van der Waals surface area contributed by atoms with E-state index in [-0.39, 0.29) is 4.90 Å². The lowest BCUT2D eigenvalue weighted by molar-refractivity contribution is 0.332. The van der Waals surface area contributed by atoms with E-state index in [9.17, 15) is 8.42 Å². The van der Waals surface area contributed by atoms with Crippen LogP contribution in [0.25, 0.3) is 0 Å². The predicted octanol–water partition coefficient (Wildman–Crippen LogP) is 2.74. The monoisotopic (exact) mass is 370 g/mol. The highest BCUT2D eigenvalue weighted by molar-refractivity contribution is 9.10. The van der Waals surface area contributed by atoms with Gasteiger partial charge in [0.25, 0.3) is 0 Å². The minimum Gasteiger partial charge on any atom is -0.492 e. The van der Waals surface area contributed by atoms with Crippen LogP contribution in [0.1, 0.15) is 0 Å². The number of aromatic nitrogens is 1. The number of pyridine rings is 1. The molecule has 7 heteroatoms. The van der Waals surface area contributed by atoms with Crippen LogP contribution in [-0.4, -0.2) is 32.8 Å². The number of nitrogens with one attached hydrogen (secondary N) is 1. The van der Waals surface area contributed by atoms with Gasteiger partial charge in [0, 0.05) is 16.9 Å². The van der Waals surface area contributed by atoms with Crippen LogP contribution in [0.3, 0.4) is 0 Å². The second-order valence-corrected chi connectivity index (χ2v) is 7.25. The van der Waals surface area contributed by atoms with E-state index in [1.807, 2.05) is 24.3 Å². The normalized spacial score (nSPS) is 11.1. The Morgan fingerprint density at radius 2 is 1.95 bits per heavy atom. The van der Waals surface area contributed by atoms with E-state index in [0.29, 0.717) is 19.0 Å². The molecule has 1 aromatic heterocycles. The lowest BCUT2D eigenvalue weighted by Gasteiger charge is -2.10. The largest absolute Gasteiger partial charge is 0.492 e. The molecule has 1 aromatic carbocycles. The molecule has 0 atom stereocenters. The quantitative estimate of drug-likeness (QED) is 0.791. The number of hydrogen-bond acceptors (Lipinski definition) is 5. The molecule has 0 unspecified atom stereocenters. The summed E-state index contributed by atoms with van der Waals surface area (Å²) < 4.78 is 29.8. The SMILES string of the molecule is CS(=O)(=O)c1cccnc1NCCOc1ccc(Br)cc1. The first kappa shape index (κ1) is 15.8. The molecule has 112 valence electrons. The van der Waals surface area contributed by atoms with E-state index in [2.05, 4.69) is 26.2 Å². The van der Waals surface area contributed by atoms with Crippen LogP contribution in [-0.2, 0) is 9.84 Å². The molecule has 5 nitrogen and oxygen atoms in total. The molecule has 0 aliphatic rings. The molecular weight excluding hydrogens is 356 g/mol. The highest BCUT2D eigenvalue weighted by atomic mass is 79.9. The number of halogens is 1. The first-order valence-corrected chi connectivity index (χ1v) is 8.92. The number of anilines is 1. The van der Waals surface area contributed by atoms with Gasteiger partial charge in [-0.2, -0.15) is 0 Å². The molecule has 0 fully saturated rings. The van der Waals surface area contributed by atoms with Crippen molar-refractivity contribution in [1.29, 1.82) is 0 Å². The topological polar surface area (TPSA) is 68.3 Å². The molecule has 0 radical (unpaired) electrons. The summed E-state index contributed by atoms with van der Waals surface area (Å²) in [6.07, 6.45) is 2.71. The average Bonchev–Trinajstić information content (AvgIpc) is 2.45. The van der Waals surface area contributed by atoms with Crippen LogP contribution < -0.4 is 10.1 Å². The first-order valence-electron chi connectivity index (χ1n) is 6.24. The summed E-state index contributed by atoms with van der Waals surface area (Å²) in [6.45, 7) is 0.858. The fourth-order valence-electron chi connectivity index (χ4n) is 1.69. The van der Waals surface area contributed by atoms with Gasteiger partial charge in [-0.3, -0.25) is 0 Å². The highest BCUT2D eigenvalue weighted by Crippen LogP contribution is 2.18. The summed E-state index contributed by atoms with van der Waals surface area (Å²) in [5.74, 6) is 1.10. The Morgan fingerprint density at radius 3 is 2.62 bits per heavy atom. The molecule has 0 bridgehead atoms. The Labute approximate surface area is 132 Å². The van der Waals surface area contributed by atoms with Gasteiger partial charge in [-0.25, -0.2) is 13.4 Å². The van der Waals surface area contributed by atoms with Crippen LogP contribution in [0, 0.1) is 0 Å². The Morgan fingerprint density at radius 1 is 1.24 bits per heavy atom. The van der Waals surface area contributed by atoms with Gasteiger partial charge >= 0.3 is 0 Å². The number of hydrogen-bond donors (Lipinski definition) is 1. The molecule has 1 N–H and O–H groups in total. The van der Waals surface area contributed by atoms with Gasteiger partial charge in [0.2, 0.25) is 0 Å². The van der Waals surface area contributed by atoms with Gasteiger partial charge in [0.1, 0.15) is 23.1 Å². The molecular formula is C14H15BrN2O3S. The van der Waals surface area contributed by atoms with E-state index in [4.69, 9.17) is 4.74 Å². The third-order valence-electron chi connectivity index (χ3n) is 2.65. The zero-order chi connectivity index (χ0) is 15.3.